The number of hydrogen-bond donors (Lipinski definition) is 0. The van der Waals surface area contributed by atoms with Crippen LogP contribution in [0.4, 0.5) is 27.8 Å². The van der Waals surface area contributed by atoms with E-state index in [1.165, 1.54) is 4.57 Å². The Labute approximate surface area is 207 Å². The zero-order valence-corrected chi connectivity index (χ0v) is 19.5. The molecule has 0 saturated carbocycles. The highest BCUT2D eigenvalue weighted by molar-refractivity contribution is 5.47. The number of ether oxygens (including phenoxy) is 3. The smallest absolute Gasteiger partial charge is 0.433 e. The molecule has 3 aromatic rings. The number of pyridine rings is 1. The van der Waals surface area contributed by atoms with E-state index in [4.69, 9.17) is 14.2 Å². The Morgan fingerprint density at radius 1 is 1.14 bits per heavy atom. The highest BCUT2D eigenvalue weighted by Crippen LogP contribution is 2.34. The fourth-order valence-corrected chi connectivity index (χ4v) is 4.30. The van der Waals surface area contributed by atoms with Gasteiger partial charge in [0.05, 0.1) is 25.3 Å². The summed E-state index contributed by atoms with van der Waals surface area (Å²) >= 11 is 0. The Morgan fingerprint density at radius 3 is 2.59 bits per heavy atom. The van der Waals surface area contributed by atoms with Crippen LogP contribution in [0.2, 0.25) is 0 Å². The van der Waals surface area contributed by atoms with Crippen molar-refractivity contribution in [1.29, 1.82) is 0 Å². The third-order valence-electron chi connectivity index (χ3n) is 6.16. The van der Waals surface area contributed by atoms with Crippen LogP contribution in [0, 0.1) is 11.6 Å². The molecule has 2 aromatic heterocycles. The first kappa shape index (κ1) is 24.9. The van der Waals surface area contributed by atoms with Crippen molar-refractivity contribution in [2.45, 2.75) is 44.8 Å². The summed E-state index contributed by atoms with van der Waals surface area (Å²) in [4.78, 5) is 21.7. The number of fused-ring (bicyclic) bond motifs is 3. The Kier molecular flexibility index (Phi) is 6.48. The van der Waals surface area contributed by atoms with Gasteiger partial charge in [0.15, 0.2) is 17.4 Å². The van der Waals surface area contributed by atoms with Gasteiger partial charge >= 0.3 is 11.9 Å². The summed E-state index contributed by atoms with van der Waals surface area (Å²) in [5, 5.41) is 0. The number of nitrogens with zero attached hydrogens (tertiary/aromatic N) is 4. The van der Waals surface area contributed by atoms with E-state index in [1.807, 2.05) is 6.92 Å². The van der Waals surface area contributed by atoms with Crippen LogP contribution in [0.15, 0.2) is 41.3 Å². The van der Waals surface area contributed by atoms with Crippen molar-refractivity contribution in [2.24, 2.45) is 0 Å². The lowest BCUT2D eigenvalue weighted by Crippen LogP contribution is -2.47. The van der Waals surface area contributed by atoms with Gasteiger partial charge in [-0.25, -0.2) is 13.6 Å². The van der Waals surface area contributed by atoms with Crippen molar-refractivity contribution in [2.75, 3.05) is 18.1 Å². The molecule has 0 amide bonds. The third-order valence-corrected chi connectivity index (χ3v) is 6.16. The Balaban J connectivity index is 1.31. The van der Waals surface area contributed by atoms with Crippen molar-refractivity contribution < 1.29 is 36.2 Å². The fourth-order valence-electron chi connectivity index (χ4n) is 4.30. The van der Waals surface area contributed by atoms with Crippen LogP contribution in [0.5, 0.6) is 17.4 Å². The van der Waals surface area contributed by atoms with E-state index in [0.717, 1.165) is 30.8 Å². The summed E-state index contributed by atoms with van der Waals surface area (Å²) < 4.78 is 85.7. The molecule has 0 radical (unpaired) electrons. The lowest BCUT2D eigenvalue weighted by atomic mass is 10.1. The molecule has 2 aliphatic rings. The van der Waals surface area contributed by atoms with Crippen LogP contribution in [0.1, 0.15) is 24.6 Å². The molecule has 0 N–H and O–H groups in total. The molecule has 13 heteroatoms. The molecule has 2 atom stereocenters. The lowest BCUT2D eigenvalue weighted by molar-refractivity contribution is -0.141. The maximum Gasteiger partial charge on any atom is 0.433 e. The second-order valence-corrected chi connectivity index (χ2v) is 8.67. The highest BCUT2D eigenvalue weighted by Gasteiger charge is 2.36. The van der Waals surface area contributed by atoms with Crippen molar-refractivity contribution in [3.8, 4) is 17.4 Å². The normalized spacial score (nSPS) is 18.9. The first-order valence-corrected chi connectivity index (χ1v) is 11.4. The number of alkyl halides is 3. The highest BCUT2D eigenvalue weighted by atomic mass is 19.4. The summed E-state index contributed by atoms with van der Waals surface area (Å²) in [6.45, 7) is 3.24. The molecule has 196 valence electrons. The van der Waals surface area contributed by atoms with Crippen molar-refractivity contribution >= 4 is 5.82 Å². The number of rotatable bonds is 6. The third kappa shape index (κ3) is 5.08. The van der Waals surface area contributed by atoms with Crippen molar-refractivity contribution in [3.05, 3.63) is 69.9 Å². The molecule has 5 rings (SSSR count). The number of anilines is 1. The largest absolute Gasteiger partial charge is 0.473 e. The summed E-state index contributed by atoms with van der Waals surface area (Å²) in [6.07, 6.45) is -3.06. The molecule has 0 spiro atoms. The van der Waals surface area contributed by atoms with E-state index in [2.05, 4.69) is 14.9 Å². The van der Waals surface area contributed by atoms with Gasteiger partial charge in [-0.3, -0.25) is 9.55 Å². The minimum absolute atomic E-state index is 0.00551. The second-order valence-electron chi connectivity index (χ2n) is 8.67. The van der Waals surface area contributed by atoms with E-state index in [0.29, 0.717) is 31.6 Å². The van der Waals surface area contributed by atoms with Crippen LogP contribution in [-0.4, -0.2) is 39.8 Å². The van der Waals surface area contributed by atoms with Gasteiger partial charge in [-0.05, 0) is 30.2 Å². The van der Waals surface area contributed by atoms with Crippen LogP contribution in [0.3, 0.4) is 0 Å². The molecular weight excluding hydrogens is 503 g/mol. The maximum absolute atomic E-state index is 14.6. The molecule has 2 aliphatic heterocycles. The molecule has 1 fully saturated rings. The monoisotopic (exact) mass is 524 g/mol. The summed E-state index contributed by atoms with van der Waals surface area (Å²) in [6, 6.07) is 5.05. The Bertz CT molecular complexity index is 1360. The predicted octanol–water partition coefficient (Wildman–Crippen LogP) is 4.30. The van der Waals surface area contributed by atoms with Gasteiger partial charge in [-0.1, -0.05) is 6.92 Å². The molecule has 1 saturated heterocycles. The first-order chi connectivity index (χ1) is 17.6. The molecule has 1 aromatic carbocycles. The number of hydrogen-bond acceptors (Lipinski definition) is 7. The standard InChI is InChI=1S/C24H21F5N4O4/c1-2-15-10-32-14(12-35-15)9-33-21(32)8-20(31-23(33)34)36-11-13-5-17(25)22(18(26)6-13)37-16-3-4-30-19(7-16)24(27,28)29/h3-8,14-15H,2,9-12H2,1H3/t14?,15-/m0/s1. The van der Waals surface area contributed by atoms with Gasteiger partial charge in [0.1, 0.15) is 23.9 Å². The molecule has 4 heterocycles. The molecule has 0 bridgehead atoms. The minimum Gasteiger partial charge on any atom is -0.473 e. The second kappa shape index (κ2) is 9.61. The van der Waals surface area contributed by atoms with E-state index in [1.54, 1.807) is 6.07 Å². The van der Waals surface area contributed by atoms with E-state index < -0.39 is 40.7 Å². The van der Waals surface area contributed by atoms with Gasteiger partial charge in [0, 0.05) is 24.9 Å². The lowest BCUT2D eigenvalue weighted by Gasteiger charge is -2.35. The number of morpholine rings is 1. The van der Waals surface area contributed by atoms with Crippen LogP contribution in [-0.2, 0) is 24.1 Å². The Hall–Kier alpha value is -3.74. The molecular formula is C24H21F5N4O4. The van der Waals surface area contributed by atoms with Crippen LogP contribution >= 0.6 is 0 Å². The number of benzene rings is 1. The van der Waals surface area contributed by atoms with Gasteiger partial charge in [0.25, 0.3) is 0 Å². The molecule has 37 heavy (non-hydrogen) atoms. The topological polar surface area (TPSA) is 78.7 Å². The first-order valence-electron chi connectivity index (χ1n) is 11.4. The predicted molar refractivity (Wildman–Crippen MR) is 120 cm³/mol. The van der Waals surface area contributed by atoms with E-state index in [-0.39, 0.29) is 30.2 Å². The minimum atomic E-state index is -4.74. The fraction of sp³-hybridized carbons (Fsp3) is 0.375. The Morgan fingerprint density at radius 2 is 1.89 bits per heavy atom. The van der Waals surface area contributed by atoms with E-state index in [9.17, 15) is 26.7 Å². The molecule has 0 aliphatic carbocycles. The average Bonchev–Trinajstić information content (AvgIpc) is 3.23. The number of aromatic nitrogens is 3. The van der Waals surface area contributed by atoms with Gasteiger partial charge in [0.2, 0.25) is 5.88 Å². The van der Waals surface area contributed by atoms with Crippen LogP contribution < -0.4 is 20.1 Å². The van der Waals surface area contributed by atoms with Crippen LogP contribution in [0.25, 0.3) is 0 Å². The summed E-state index contributed by atoms with van der Waals surface area (Å²) in [5.74, 6) is -2.97. The summed E-state index contributed by atoms with van der Waals surface area (Å²) in [7, 11) is 0. The molecule has 8 nitrogen and oxygen atoms in total. The zero-order valence-electron chi connectivity index (χ0n) is 19.5. The van der Waals surface area contributed by atoms with Gasteiger partial charge in [-0.15, -0.1) is 0 Å². The van der Waals surface area contributed by atoms with Crippen molar-refractivity contribution in [1.82, 2.24) is 14.5 Å². The van der Waals surface area contributed by atoms with Crippen molar-refractivity contribution in [3.63, 3.8) is 0 Å². The van der Waals surface area contributed by atoms with Gasteiger partial charge in [-0.2, -0.15) is 18.2 Å². The average molecular weight is 524 g/mol. The van der Waals surface area contributed by atoms with Gasteiger partial charge < -0.3 is 19.1 Å². The maximum atomic E-state index is 14.6. The molecule has 1 unspecified atom stereocenters. The number of halogens is 5. The zero-order chi connectivity index (χ0) is 26.3. The summed E-state index contributed by atoms with van der Waals surface area (Å²) in [5.41, 5.74) is -1.71. The van der Waals surface area contributed by atoms with E-state index >= 15 is 0 Å². The SMILES string of the molecule is CC[C@H]1CN2c3cc(OCc4cc(F)c(Oc5ccnc(C(F)(F)F)c5)c(F)c4)nc(=O)n3CC2CO1. The quantitative estimate of drug-likeness (QED) is 0.445.